The minimum atomic E-state index is -0.159. The fraction of sp³-hybridized carbons (Fsp3) is 0.304. The fourth-order valence-corrected chi connectivity index (χ4v) is 2.92. The summed E-state index contributed by atoms with van der Waals surface area (Å²) in [5.74, 6) is 0.669. The highest BCUT2D eigenvalue weighted by Crippen LogP contribution is 2.24. The molecule has 0 spiro atoms. The first-order valence-corrected chi connectivity index (χ1v) is 9.89. The highest BCUT2D eigenvalue weighted by Gasteiger charge is 2.15. The van der Waals surface area contributed by atoms with Crippen molar-refractivity contribution in [3.05, 3.63) is 65.9 Å². The van der Waals surface area contributed by atoms with Crippen LogP contribution in [-0.2, 0) is 6.54 Å². The van der Waals surface area contributed by atoms with Gasteiger partial charge in [-0.1, -0.05) is 25.5 Å². The van der Waals surface area contributed by atoms with E-state index in [1.807, 2.05) is 67.5 Å². The van der Waals surface area contributed by atoms with Crippen LogP contribution in [0.25, 0.3) is 11.3 Å². The van der Waals surface area contributed by atoms with Gasteiger partial charge in [0, 0.05) is 31.9 Å². The molecule has 0 unspecified atom stereocenters. The average Bonchev–Trinajstić information content (AvgIpc) is 3.23. The van der Waals surface area contributed by atoms with Crippen LogP contribution < -0.4 is 15.0 Å². The lowest BCUT2D eigenvalue weighted by Crippen LogP contribution is -2.23. The van der Waals surface area contributed by atoms with Gasteiger partial charge in [0.15, 0.2) is 0 Å². The Hall–Kier alpha value is -3.28. The summed E-state index contributed by atoms with van der Waals surface area (Å²) < 4.78 is 5.70. The molecule has 0 aliphatic carbocycles. The van der Waals surface area contributed by atoms with Gasteiger partial charge in [-0.15, -0.1) is 0 Å². The largest absolute Gasteiger partial charge is 0.494 e. The summed E-state index contributed by atoms with van der Waals surface area (Å²) in [5, 5.41) is 9.97. The molecule has 0 fully saturated rings. The van der Waals surface area contributed by atoms with Gasteiger partial charge >= 0.3 is 0 Å². The zero-order valence-corrected chi connectivity index (χ0v) is 17.2. The number of rotatable bonds is 9. The molecule has 2 aromatic carbocycles. The minimum absolute atomic E-state index is 0.159. The number of nitrogens with zero attached hydrogens (tertiary/aromatic N) is 2. The van der Waals surface area contributed by atoms with Gasteiger partial charge in [0.25, 0.3) is 5.91 Å². The molecule has 6 nitrogen and oxygen atoms in total. The summed E-state index contributed by atoms with van der Waals surface area (Å²) in [6.07, 6.45) is 3.69. The topological polar surface area (TPSA) is 70.2 Å². The molecule has 1 heterocycles. The van der Waals surface area contributed by atoms with Gasteiger partial charge in [-0.2, -0.15) is 5.10 Å². The van der Waals surface area contributed by atoms with E-state index in [1.165, 1.54) is 0 Å². The van der Waals surface area contributed by atoms with Crippen LogP contribution >= 0.6 is 0 Å². The maximum absolute atomic E-state index is 12.7. The van der Waals surface area contributed by atoms with E-state index >= 15 is 0 Å². The number of nitrogens with one attached hydrogen (secondary N) is 2. The molecule has 0 aliphatic rings. The van der Waals surface area contributed by atoms with E-state index in [2.05, 4.69) is 22.4 Å². The molecule has 0 saturated heterocycles. The van der Waals surface area contributed by atoms with E-state index in [-0.39, 0.29) is 5.91 Å². The van der Waals surface area contributed by atoms with E-state index in [9.17, 15) is 4.79 Å². The number of carbonyl (C=O) groups excluding carboxylic acids is 1. The normalized spacial score (nSPS) is 10.6. The van der Waals surface area contributed by atoms with Gasteiger partial charge in [0.1, 0.15) is 5.75 Å². The number of unbranched alkanes of at least 4 members (excludes halogenated alkanes) is 1. The number of hydrogen-bond acceptors (Lipinski definition) is 4. The molecule has 1 aromatic heterocycles. The number of amides is 1. The quantitative estimate of drug-likeness (QED) is 0.534. The molecule has 0 atom stereocenters. The van der Waals surface area contributed by atoms with Crippen LogP contribution in [0.15, 0.2) is 54.7 Å². The van der Waals surface area contributed by atoms with Gasteiger partial charge in [0.05, 0.1) is 24.1 Å². The van der Waals surface area contributed by atoms with E-state index in [0.717, 1.165) is 35.4 Å². The molecule has 29 heavy (non-hydrogen) atoms. The van der Waals surface area contributed by atoms with Crippen molar-refractivity contribution in [3.63, 3.8) is 0 Å². The molecule has 0 bridgehead atoms. The first-order chi connectivity index (χ1) is 14.1. The molecule has 152 valence electrons. The summed E-state index contributed by atoms with van der Waals surface area (Å²) in [5.41, 5.74) is 4.29. The zero-order valence-electron chi connectivity index (χ0n) is 17.2. The summed E-state index contributed by atoms with van der Waals surface area (Å²) in [6, 6.07) is 15.8. The van der Waals surface area contributed by atoms with Crippen molar-refractivity contribution in [2.75, 3.05) is 25.6 Å². The Kier molecular flexibility index (Phi) is 6.89. The third kappa shape index (κ3) is 5.38. The standard InChI is InChI=1S/C23H28N4O2/c1-4-5-14-29-20-12-8-18(9-13-20)22-21(16-25-26-22)23(28)24-15-17-6-10-19(11-7-17)27(2)3/h6-13,16H,4-5,14-15H2,1-3H3,(H,24,28)(H,25,26). The van der Waals surface area contributed by atoms with Crippen molar-refractivity contribution in [3.8, 4) is 17.0 Å². The lowest BCUT2D eigenvalue weighted by atomic mass is 10.1. The number of carbonyl (C=O) groups is 1. The SMILES string of the molecule is CCCCOc1ccc(-c2[nH]ncc2C(=O)NCc2ccc(N(C)C)cc2)cc1. The van der Waals surface area contributed by atoms with Crippen molar-refractivity contribution in [2.24, 2.45) is 0 Å². The highest BCUT2D eigenvalue weighted by molar-refractivity contribution is 5.99. The van der Waals surface area contributed by atoms with Crippen LogP contribution in [0.5, 0.6) is 5.75 Å². The summed E-state index contributed by atoms with van der Waals surface area (Å²) >= 11 is 0. The predicted molar refractivity (Wildman–Crippen MR) is 116 cm³/mol. The van der Waals surface area contributed by atoms with Crippen LogP contribution in [0.4, 0.5) is 5.69 Å². The molecule has 6 heteroatoms. The van der Waals surface area contributed by atoms with Crippen LogP contribution in [0.1, 0.15) is 35.7 Å². The van der Waals surface area contributed by atoms with Gasteiger partial charge in [-0.05, 0) is 48.4 Å². The van der Waals surface area contributed by atoms with Gasteiger partial charge in [-0.3, -0.25) is 9.89 Å². The van der Waals surface area contributed by atoms with Gasteiger partial charge in [-0.25, -0.2) is 0 Å². The zero-order chi connectivity index (χ0) is 20.6. The number of aromatic nitrogens is 2. The second-order valence-electron chi connectivity index (χ2n) is 7.13. The van der Waals surface area contributed by atoms with Crippen molar-refractivity contribution >= 4 is 11.6 Å². The third-order valence-corrected chi connectivity index (χ3v) is 4.70. The lowest BCUT2D eigenvalue weighted by molar-refractivity contribution is 0.0951. The summed E-state index contributed by atoms with van der Waals surface area (Å²) in [6.45, 7) is 3.31. The first kappa shape index (κ1) is 20.5. The second-order valence-corrected chi connectivity index (χ2v) is 7.13. The number of aromatic amines is 1. The van der Waals surface area contributed by atoms with Crippen molar-refractivity contribution in [1.29, 1.82) is 0 Å². The predicted octanol–water partition coefficient (Wildman–Crippen LogP) is 4.25. The Morgan fingerprint density at radius 2 is 1.83 bits per heavy atom. The Morgan fingerprint density at radius 1 is 1.10 bits per heavy atom. The maximum atomic E-state index is 12.7. The number of benzene rings is 2. The smallest absolute Gasteiger partial charge is 0.255 e. The summed E-state index contributed by atoms with van der Waals surface area (Å²) in [4.78, 5) is 14.7. The molecule has 3 aromatic rings. The number of anilines is 1. The van der Waals surface area contributed by atoms with Crippen molar-refractivity contribution < 1.29 is 9.53 Å². The van der Waals surface area contributed by atoms with Gasteiger partial charge in [0.2, 0.25) is 0 Å². The number of hydrogen-bond donors (Lipinski definition) is 2. The fourth-order valence-electron chi connectivity index (χ4n) is 2.92. The van der Waals surface area contributed by atoms with Crippen LogP contribution in [0.3, 0.4) is 0 Å². The molecular weight excluding hydrogens is 364 g/mol. The number of H-pyrrole nitrogens is 1. The van der Waals surface area contributed by atoms with Gasteiger partial charge < -0.3 is 15.0 Å². The van der Waals surface area contributed by atoms with E-state index in [1.54, 1.807) is 6.20 Å². The van der Waals surface area contributed by atoms with E-state index in [4.69, 9.17) is 4.74 Å². The Morgan fingerprint density at radius 3 is 2.48 bits per heavy atom. The molecule has 1 amide bonds. The lowest BCUT2D eigenvalue weighted by Gasteiger charge is -2.13. The second kappa shape index (κ2) is 9.78. The molecular formula is C23H28N4O2. The molecule has 0 radical (unpaired) electrons. The molecule has 0 saturated carbocycles. The van der Waals surface area contributed by atoms with E-state index < -0.39 is 0 Å². The third-order valence-electron chi connectivity index (χ3n) is 4.70. The van der Waals surface area contributed by atoms with Crippen LogP contribution in [0.2, 0.25) is 0 Å². The minimum Gasteiger partial charge on any atom is -0.494 e. The average molecular weight is 393 g/mol. The highest BCUT2D eigenvalue weighted by atomic mass is 16.5. The summed E-state index contributed by atoms with van der Waals surface area (Å²) in [7, 11) is 4.00. The van der Waals surface area contributed by atoms with Crippen molar-refractivity contribution in [2.45, 2.75) is 26.3 Å². The van der Waals surface area contributed by atoms with Crippen LogP contribution in [-0.4, -0.2) is 36.8 Å². The van der Waals surface area contributed by atoms with Crippen molar-refractivity contribution in [1.82, 2.24) is 15.5 Å². The monoisotopic (exact) mass is 392 g/mol. The van der Waals surface area contributed by atoms with Crippen LogP contribution in [0, 0.1) is 0 Å². The molecule has 2 N–H and O–H groups in total. The van der Waals surface area contributed by atoms with E-state index in [0.29, 0.717) is 24.4 Å². The maximum Gasteiger partial charge on any atom is 0.255 e. The molecule has 3 rings (SSSR count). The molecule has 0 aliphatic heterocycles. The Labute approximate surface area is 171 Å². The first-order valence-electron chi connectivity index (χ1n) is 9.89. The Balaban J connectivity index is 1.63. The number of ether oxygens (including phenoxy) is 1. The Bertz CT molecular complexity index is 915.